The number of hydrogen-bond acceptors (Lipinski definition) is 9. The van der Waals surface area contributed by atoms with E-state index < -0.39 is 91.1 Å². The third kappa shape index (κ3) is 2.86. The van der Waals surface area contributed by atoms with E-state index in [4.69, 9.17) is 17.3 Å². The minimum absolute atomic E-state index is 0.0320. The van der Waals surface area contributed by atoms with Gasteiger partial charge in [-0.05, 0) is 30.4 Å². The van der Waals surface area contributed by atoms with Crippen LogP contribution in [-0.4, -0.2) is 57.8 Å². The predicted molar refractivity (Wildman–Crippen MR) is 103 cm³/mol. The van der Waals surface area contributed by atoms with Gasteiger partial charge in [-0.25, -0.2) is 0 Å². The van der Waals surface area contributed by atoms with Crippen LogP contribution in [0.2, 0.25) is 5.02 Å². The van der Waals surface area contributed by atoms with Crippen LogP contribution in [0.25, 0.3) is 0 Å². The topological polar surface area (TPSA) is 206 Å². The van der Waals surface area contributed by atoms with E-state index in [1.54, 1.807) is 0 Å². The van der Waals surface area contributed by atoms with Gasteiger partial charge in [-0.1, -0.05) is 11.6 Å². The van der Waals surface area contributed by atoms with Crippen LogP contribution in [0.5, 0.6) is 5.75 Å². The lowest BCUT2D eigenvalue weighted by Crippen LogP contribution is -2.68. The normalized spacial score (nSPS) is 32.2. The highest BCUT2D eigenvalue weighted by molar-refractivity contribution is 7.86. The van der Waals surface area contributed by atoms with E-state index in [1.807, 2.05) is 0 Å². The summed E-state index contributed by atoms with van der Waals surface area (Å²) in [6, 6.07) is 0.769. The molecule has 170 valence electrons. The summed E-state index contributed by atoms with van der Waals surface area (Å²) in [5, 5.41) is 21.2. The second-order valence-electron chi connectivity index (χ2n) is 8.27. The number of aliphatic hydroxyl groups is 1. The highest BCUT2D eigenvalue weighted by Crippen LogP contribution is 2.51. The molecule has 0 aromatic heterocycles. The zero-order valence-corrected chi connectivity index (χ0v) is 17.6. The monoisotopic (exact) mass is 485 g/mol. The molecule has 1 aromatic carbocycles. The van der Waals surface area contributed by atoms with E-state index in [0.29, 0.717) is 0 Å². The molecule has 0 heterocycles. The molecule has 13 heteroatoms. The zero-order valence-electron chi connectivity index (χ0n) is 16.1. The molecule has 0 radical (unpaired) electrons. The summed E-state index contributed by atoms with van der Waals surface area (Å²) in [5.74, 6) is -12.7. The van der Waals surface area contributed by atoms with Crippen molar-refractivity contribution in [2.24, 2.45) is 29.4 Å². The molecular weight excluding hydrogens is 470 g/mol. The number of rotatable bonds is 2. The lowest BCUT2D eigenvalue weighted by Gasteiger charge is -2.48. The quantitative estimate of drug-likeness (QED) is 0.303. The van der Waals surface area contributed by atoms with E-state index in [9.17, 15) is 47.2 Å². The number of ketones is 4. The number of fused-ring (bicyclic) bond motifs is 3. The van der Waals surface area contributed by atoms with Gasteiger partial charge in [0.25, 0.3) is 10.1 Å². The molecule has 0 aliphatic heterocycles. The molecular formula is C19H16ClNO10S. The first kappa shape index (κ1) is 22.5. The van der Waals surface area contributed by atoms with Crippen molar-refractivity contribution in [1.82, 2.24) is 0 Å². The Morgan fingerprint density at radius 1 is 1.16 bits per heavy atom. The number of carbonyl (C=O) groups excluding carboxylic acids is 5. The summed E-state index contributed by atoms with van der Waals surface area (Å²) in [6.07, 6.45) is -0.714. The Labute approximate surface area is 185 Å². The molecule has 32 heavy (non-hydrogen) atoms. The first-order valence-corrected chi connectivity index (χ1v) is 11.2. The standard InChI is InChI=1S/C19H16ClNO10S/c20-8-4-10(32(29,30)31)14(23)12-7(8)2-5-1-6-3-9(22)13(18(21)27)17(26)19(6,28)16(25)11(5)15(12)24/h4-6,11,13,23,28H,1-3H2,(H2,21,27)(H,29,30,31)/t5?,6-,11?,13?,19-/m0/s1. The average molecular weight is 486 g/mol. The lowest BCUT2D eigenvalue weighted by atomic mass is 9.54. The molecule has 3 aliphatic rings. The molecule has 5 atom stereocenters. The van der Waals surface area contributed by atoms with Gasteiger partial charge in [0.1, 0.15) is 10.6 Å². The molecule has 1 amide bonds. The van der Waals surface area contributed by atoms with Gasteiger partial charge in [-0.15, -0.1) is 0 Å². The van der Waals surface area contributed by atoms with Crippen LogP contribution >= 0.6 is 11.6 Å². The number of phenols is 1. The summed E-state index contributed by atoms with van der Waals surface area (Å²) in [4.78, 5) is 62.1. The molecule has 1 aromatic rings. The summed E-state index contributed by atoms with van der Waals surface area (Å²) in [6.45, 7) is 0. The fourth-order valence-electron chi connectivity index (χ4n) is 5.16. The van der Waals surface area contributed by atoms with E-state index in [0.717, 1.165) is 6.07 Å². The minimum Gasteiger partial charge on any atom is -0.506 e. The molecule has 0 bridgehead atoms. The van der Waals surface area contributed by atoms with Gasteiger partial charge in [0.15, 0.2) is 34.7 Å². The lowest BCUT2D eigenvalue weighted by molar-refractivity contribution is -0.175. The fourth-order valence-corrected chi connectivity index (χ4v) is 6.12. The Bertz CT molecular complexity index is 1260. The number of nitrogens with two attached hydrogens (primary N) is 1. The number of hydrogen-bond donors (Lipinski definition) is 4. The Balaban J connectivity index is 1.86. The number of carbonyl (C=O) groups is 5. The molecule has 2 saturated carbocycles. The largest absolute Gasteiger partial charge is 0.506 e. The molecule has 11 nitrogen and oxygen atoms in total. The van der Waals surface area contributed by atoms with Crippen molar-refractivity contribution in [1.29, 1.82) is 0 Å². The summed E-state index contributed by atoms with van der Waals surface area (Å²) >= 11 is 6.09. The van der Waals surface area contributed by atoms with Crippen LogP contribution in [0.4, 0.5) is 0 Å². The number of benzene rings is 1. The van der Waals surface area contributed by atoms with E-state index in [2.05, 4.69) is 0 Å². The smallest absolute Gasteiger partial charge is 0.298 e. The van der Waals surface area contributed by atoms with Gasteiger partial charge < -0.3 is 15.9 Å². The highest BCUT2D eigenvalue weighted by atomic mass is 35.5. The molecule has 3 unspecified atom stereocenters. The second-order valence-corrected chi connectivity index (χ2v) is 10.1. The van der Waals surface area contributed by atoms with Crippen molar-refractivity contribution in [3.63, 3.8) is 0 Å². The number of aromatic hydroxyl groups is 1. The first-order chi connectivity index (χ1) is 14.7. The maximum Gasteiger partial charge on any atom is 0.298 e. The summed E-state index contributed by atoms with van der Waals surface area (Å²) in [7, 11) is -4.98. The second kappa shape index (κ2) is 6.91. The van der Waals surface area contributed by atoms with Crippen molar-refractivity contribution in [2.45, 2.75) is 29.8 Å². The third-order valence-electron chi connectivity index (χ3n) is 6.59. The molecule has 3 aliphatic carbocycles. The van der Waals surface area contributed by atoms with Crippen LogP contribution < -0.4 is 5.73 Å². The Kier molecular flexibility index (Phi) is 4.86. The predicted octanol–water partition coefficient (Wildman–Crippen LogP) is -0.773. The van der Waals surface area contributed by atoms with Gasteiger partial charge >= 0.3 is 0 Å². The highest BCUT2D eigenvalue weighted by Gasteiger charge is 2.66. The average Bonchev–Trinajstić information content (AvgIpc) is 2.66. The van der Waals surface area contributed by atoms with Crippen molar-refractivity contribution in [2.75, 3.05) is 0 Å². The van der Waals surface area contributed by atoms with Crippen LogP contribution in [0.15, 0.2) is 11.0 Å². The summed E-state index contributed by atoms with van der Waals surface area (Å²) < 4.78 is 32.4. The van der Waals surface area contributed by atoms with E-state index >= 15 is 0 Å². The van der Waals surface area contributed by atoms with Crippen molar-refractivity contribution < 1.29 is 47.2 Å². The van der Waals surface area contributed by atoms with Gasteiger partial charge in [-0.2, -0.15) is 8.42 Å². The van der Waals surface area contributed by atoms with Crippen LogP contribution in [0.1, 0.15) is 28.8 Å². The van der Waals surface area contributed by atoms with E-state index in [1.165, 1.54) is 0 Å². The Morgan fingerprint density at radius 2 is 1.78 bits per heavy atom. The molecule has 4 rings (SSSR count). The SMILES string of the molecule is NC(=O)C1C(=O)C[C@@H]2CC3Cc4c(Cl)cc(S(=O)(=O)O)c(O)c4C(=O)C3C(=O)[C@]2(O)C1=O. The zero-order chi connectivity index (χ0) is 23.9. The van der Waals surface area contributed by atoms with Gasteiger partial charge in [-0.3, -0.25) is 28.5 Å². The Morgan fingerprint density at radius 3 is 2.34 bits per heavy atom. The molecule has 0 saturated heterocycles. The van der Waals surface area contributed by atoms with Crippen LogP contribution in [0.3, 0.4) is 0 Å². The van der Waals surface area contributed by atoms with Crippen LogP contribution in [0, 0.1) is 23.7 Å². The van der Waals surface area contributed by atoms with Gasteiger partial charge in [0.2, 0.25) is 5.91 Å². The van der Waals surface area contributed by atoms with Gasteiger partial charge in [0, 0.05) is 17.4 Å². The Hall–Kier alpha value is -2.67. The number of phenolic OH excluding ortho intramolecular Hbond substituents is 1. The van der Waals surface area contributed by atoms with E-state index in [-0.39, 0.29) is 23.4 Å². The summed E-state index contributed by atoms with van der Waals surface area (Å²) in [5.41, 5.74) is 1.69. The maximum absolute atomic E-state index is 13.3. The van der Waals surface area contributed by atoms with Gasteiger partial charge in [0.05, 0.1) is 11.5 Å². The number of Topliss-reactive ketones (excluding diaryl/α,β-unsaturated/α-hetero) is 4. The van der Waals surface area contributed by atoms with Crippen LogP contribution in [-0.2, 0) is 35.7 Å². The number of amides is 1. The van der Waals surface area contributed by atoms with Crippen molar-refractivity contribution in [3.05, 3.63) is 22.2 Å². The molecule has 2 fully saturated rings. The molecule has 0 spiro atoms. The fraction of sp³-hybridized carbons (Fsp3) is 0.421. The van der Waals surface area contributed by atoms with Crippen molar-refractivity contribution in [3.8, 4) is 5.75 Å². The number of primary amides is 1. The maximum atomic E-state index is 13.3. The minimum atomic E-state index is -4.98. The van der Waals surface area contributed by atoms with Crippen molar-refractivity contribution >= 4 is 50.8 Å². The number of halogens is 1. The molecule has 5 N–H and O–H groups in total. The first-order valence-electron chi connectivity index (χ1n) is 9.40. The third-order valence-corrected chi connectivity index (χ3v) is 7.79.